The Hall–Kier alpha value is -0.830. The van der Waals surface area contributed by atoms with Gasteiger partial charge in [-0.05, 0) is 25.3 Å². The second-order valence-electron chi connectivity index (χ2n) is 3.10. The van der Waals surface area contributed by atoms with Crippen LogP contribution in [0.25, 0.3) is 0 Å². The first-order chi connectivity index (χ1) is 5.72. The van der Waals surface area contributed by atoms with Gasteiger partial charge in [0.05, 0.1) is 6.61 Å². The van der Waals surface area contributed by atoms with Crippen molar-refractivity contribution in [1.29, 1.82) is 0 Å². The summed E-state index contributed by atoms with van der Waals surface area (Å²) in [6, 6.07) is 0. The van der Waals surface area contributed by atoms with E-state index in [1.54, 1.807) is 6.20 Å². The van der Waals surface area contributed by atoms with Crippen molar-refractivity contribution in [3.63, 3.8) is 0 Å². The summed E-state index contributed by atoms with van der Waals surface area (Å²) < 4.78 is 5.38. The highest BCUT2D eigenvalue weighted by molar-refractivity contribution is 5.74. The fraction of sp³-hybridized carbons (Fsp3) is 0.667. The zero-order valence-corrected chi connectivity index (χ0v) is 7.58. The molecule has 0 aliphatic heterocycles. The van der Waals surface area contributed by atoms with E-state index in [0.717, 1.165) is 18.4 Å². The van der Waals surface area contributed by atoms with Crippen LogP contribution in [0.5, 0.6) is 0 Å². The molecule has 0 unspecified atom stereocenters. The van der Waals surface area contributed by atoms with Crippen LogP contribution in [0.2, 0.25) is 0 Å². The molecule has 0 aromatic heterocycles. The maximum atomic E-state index is 8.66. The molecule has 1 aliphatic rings. The Morgan fingerprint density at radius 3 is 2.75 bits per heavy atom. The van der Waals surface area contributed by atoms with Gasteiger partial charge in [0.2, 0.25) is 0 Å². The summed E-state index contributed by atoms with van der Waals surface area (Å²) >= 11 is 0. The van der Waals surface area contributed by atoms with Gasteiger partial charge >= 0.3 is 0 Å². The van der Waals surface area contributed by atoms with Crippen molar-refractivity contribution in [3.8, 4) is 0 Å². The lowest BCUT2D eigenvalue weighted by Gasteiger charge is -2.00. The molecule has 0 aromatic carbocycles. The Balaban J connectivity index is 2.32. The van der Waals surface area contributed by atoms with Gasteiger partial charge in [-0.25, -0.2) is 4.99 Å². The van der Waals surface area contributed by atoms with Crippen molar-refractivity contribution < 1.29 is 9.84 Å². The molecule has 1 N–H and O–H groups in total. The van der Waals surface area contributed by atoms with E-state index >= 15 is 0 Å². The molecule has 0 aromatic rings. The minimum atomic E-state index is 0.0558. The number of aliphatic hydroxyl groups excluding tert-OH is 1. The topological polar surface area (TPSA) is 41.8 Å². The summed E-state index contributed by atoms with van der Waals surface area (Å²) in [5, 5.41) is 8.66. The summed E-state index contributed by atoms with van der Waals surface area (Å²) in [5.74, 6) is 0.685. The van der Waals surface area contributed by atoms with Gasteiger partial charge in [-0.1, -0.05) is 0 Å². The third-order valence-corrected chi connectivity index (χ3v) is 1.58. The van der Waals surface area contributed by atoms with E-state index in [9.17, 15) is 0 Å². The molecule has 3 nitrogen and oxygen atoms in total. The van der Waals surface area contributed by atoms with E-state index < -0.39 is 0 Å². The smallest absolute Gasteiger partial charge is 0.184 e. The first-order valence-electron chi connectivity index (χ1n) is 4.20. The van der Waals surface area contributed by atoms with E-state index in [2.05, 4.69) is 4.99 Å². The predicted molar refractivity (Wildman–Crippen MR) is 48.1 cm³/mol. The fourth-order valence-corrected chi connectivity index (χ4v) is 0.699. The van der Waals surface area contributed by atoms with Crippen molar-refractivity contribution in [2.45, 2.75) is 32.8 Å². The van der Waals surface area contributed by atoms with E-state index in [-0.39, 0.29) is 6.61 Å². The quantitative estimate of drug-likeness (QED) is 0.513. The first kappa shape index (κ1) is 9.26. The molecule has 1 rings (SSSR count). The SMILES string of the molecule is CC(=N/C=C(\C)CO)OC1CC1. The summed E-state index contributed by atoms with van der Waals surface area (Å²) in [4.78, 5) is 4.05. The Kier molecular flexibility index (Phi) is 3.29. The highest BCUT2D eigenvalue weighted by Crippen LogP contribution is 2.23. The molecule has 0 amide bonds. The van der Waals surface area contributed by atoms with Crippen molar-refractivity contribution in [3.05, 3.63) is 11.8 Å². The molecule has 12 heavy (non-hydrogen) atoms. The largest absolute Gasteiger partial charge is 0.478 e. The zero-order chi connectivity index (χ0) is 8.97. The fourth-order valence-electron chi connectivity index (χ4n) is 0.699. The average Bonchev–Trinajstić information content (AvgIpc) is 2.84. The third-order valence-electron chi connectivity index (χ3n) is 1.58. The predicted octanol–water partition coefficient (Wildman–Crippen LogP) is 1.48. The molecule has 0 spiro atoms. The molecule has 0 atom stereocenters. The molecule has 1 saturated carbocycles. The zero-order valence-electron chi connectivity index (χ0n) is 7.58. The van der Waals surface area contributed by atoms with E-state index in [0.29, 0.717) is 12.0 Å². The average molecular weight is 169 g/mol. The van der Waals surface area contributed by atoms with Crippen LogP contribution in [0.3, 0.4) is 0 Å². The number of rotatable bonds is 3. The molecule has 1 fully saturated rings. The van der Waals surface area contributed by atoms with Gasteiger partial charge in [0.25, 0.3) is 0 Å². The number of aliphatic imine (C=N–C) groups is 1. The lowest BCUT2D eigenvalue weighted by atomic mass is 10.4. The van der Waals surface area contributed by atoms with Crippen LogP contribution in [0, 0.1) is 0 Å². The Morgan fingerprint density at radius 1 is 1.58 bits per heavy atom. The van der Waals surface area contributed by atoms with Gasteiger partial charge in [-0.3, -0.25) is 0 Å². The summed E-state index contributed by atoms with van der Waals surface area (Å²) in [6.45, 7) is 3.72. The van der Waals surface area contributed by atoms with Gasteiger partial charge in [0, 0.05) is 13.1 Å². The Morgan fingerprint density at radius 2 is 2.25 bits per heavy atom. The van der Waals surface area contributed by atoms with Gasteiger partial charge in [-0.15, -0.1) is 0 Å². The van der Waals surface area contributed by atoms with Crippen molar-refractivity contribution in [2.24, 2.45) is 4.99 Å². The van der Waals surface area contributed by atoms with Crippen molar-refractivity contribution >= 4 is 5.90 Å². The monoisotopic (exact) mass is 169 g/mol. The summed E-state index contributed by atoms with van der Waals surface area (Å²) in [7, 11) is 0. The normalized spacial score (nSPS) is 19.6. The van der Waals surface area contributed by atoms with Crippen LogP contribution in [0.4, 0.5) is 0 Å². The van der Waals surface area contributed by atoms with Crippen molar-refractivity contribution in [2.75, 3.05) is 6.61 Å². The number of hydrogen-bond acceptors (Lipinski definition) is 3. The molecular formula is C9H15NO2. The minimum absolute atomic E-state index is 0.0558. The second-order valence-corrected chi connectivity index (χ2v) is 3.10. The lowest BCUT2D eigenvalue weighted by molar-refractivity contribution is 0.287. The molecule has 1 aliphatic carbocycles. The van der Waals surface area contributed by atoms with E-state index in [4.69, 9.17) is 9.84 Å². The molecule has 0 bridgehead atoms. The maximum Gasteiger partial charge on any atom is 0.184 e. The number of nitrogens with zero attached hydrogens (tertiary/aromatic N) is 1. The van der Waals surface area contributed by atoms with Crippen molar-refractivity contribution in [1.82, 2.24) is 0 Å². The molecule has 68 valence electrons. The van der Waals surface area contributed by atoms with E-state index in [1.165, 1.54) is 0 Å². The second kappa shape index (κ2) is 4.26. The Labute approximate surface area is 72.8 Å². The molecule has 0 radical (unpaired) electrons. The van der Waals surface area contributed by atoms with Gasteiger partial charge in [0.15, 0.2) is 5.90 Å². The van der Waals surface area contributed by atoms with Crippen LogP contribution in [-0.4, -0.2) is 23.7 Å². The standard InChI is InChI=1S/C9H15NO2/c1-7(6-11)5-10-8(2)12-9-3-4-9/h5,9,11H,3-4,6H2,1-2H3/b7-5+,10-8?. The number of hydrogen-bond donors (Lipinski definition) is 1. The third kappa shape index (κ3) is 3.53. The Bertz CT molecular complexity index is 205. The van der Waals surface area contributed by atoms with Crippen LogP contribution in [0.1, 0.15) is 26.7 Å². The summed E-state index contributed by atoms with van der Waals surface area (Å²) in [5.41, 5.74) is 0.841. The van der Waals surface area contributed by atoms with Gasteiger partial charge < -0.3 is 9.84 Å². The minimum Gasteiger partial charge on any atom is -0.478 e. The highest BCUT2D eigenvalue weighted by Gasteiger charge is 2.23. The van der Waals surface area contributed by atoms with Crippen LogP contribution in [0.15, 0.2) is 16.8 Å². The number of aliphatic hydroxyl groups is 1. The van der Waals surface area contributed by atoms with Crippen LogP contribution in [-0.2, 0) is 4.74 Å². The van der Waals surface area contributed by atoms with Crippen LogP contribution < -0.4 is 0 Å². The van der Waals surface area contributed by atoms with E-state index in [1.807, 2.05) is 13.8 Å². The van der Waals surface area contributed by atoms with Gasteiger partial charge in [0.1, 0.15) is 6.10 Å². The highest BCUT2D eigenvalue weighted by atomic mass is 16.5. The maximum absolute atomic E-state index is 8.66. The first-order valence-corrected chi connectivity index (χ1v) is 4.20. The van der Waals surface area contributed by atoms with Crippen LogP contribution >= 0.6 is 0 Å². The van der Waals surface area contributed by atoms with Gasteiger partial charge in [-0.2, -0.15) is 0 Å². The molecule has 0 heterocycles. The molecule has 3 heteroatoms. The lowest BCUT2D eigenvalue weighted by Crippen LogP contribution is -2.00. The molecular weight excluding hydrogens is 154 g/mol. The summed E-state index contributed by atoms with van der Waals surface area (Å²) in [6.07, 6.45) is 4.33. The number of ether oxygens (including phenoxy) is 1. The molecule has 0 saturated heterocycles.